The predicted octanol–water partition coefficient (Wildman–Crippen LogP) is 1.03. The molecule has 2 aromatic carbocycles. The number of nitrogens with one attached hydrogen (secondary N) is 2. The van der Waals surface area contributed by atoms with E-state index in [-0.39, 0.29) is 23.3 Å². The Balaban J connectivity index is 1.37. The highest BCUT2D eigenvalue weighted by Gasteiger charge is 2.32. The molecule has 11 heteroatoms. The van der Waals surface area contributed by atoms with Crippen LogP contribution in [0.3, 0.4) is 0 Å². The molecule has 0 saturated carbocycles. The third-order valence-corrected chi connectivity index (χ3v) is 5.67. The van der Waals surface area contributed by atoms with E-state index in [0.717, 1.165) is 0 Å². The molecular weight excluding hydrogens is 412 g/mol. The van der Waals surface area contributed by atoms with Crippen molar-refractivity contribution in [2.75, 3.05) is 30.0 Å². The molecular formula is C19H20N4O6S. The number of hydrogen-bond donors (Lipinski definition) is 3. The van der Waals surface area contributed by atoms with Crippen molar-refractivity contribution in [1.82, 2.24) is 5.32 Å². The number of carbonyl (C=O) groups is 2. The Labute approximate surface area is 173 Å². The number of carbonyl (C=O) groups excluding carboxylic acids is 2. The lowest BCUT2D eigenvalue weighted by atomic mass is 10.2. The van der Waals surface area contributed by atoms with Crippen LogP contribution in [0.4, 0.5) is 16.2 Å². The Kier molecular flexibility index (Phi) is 5.22. The first-order valence-corrected chi connectivity index (χ1v) is 10.7. The van der Waals surface area contributed by atoms with Gasteiger partial charge in [-0.25, -0.2) is 18.4 Å². The van der Waals surface area contributed by atoms with Crippen molar-refractivity contribution in [2.24, 2.45) is 5.14 Å². The smallest absolute Gasteiger partial charge is 0.319 e. The minimum absolute atomic E-state index is 0.0510. The molecule has 0 spiro atoms. The number of amides is 3. The normalized spacial score (nSPS) is 18.2. The van der Waals surface area contributed by atoms with Gasteiger partial charge in [-0.05, 0) is 36.4 Å². The maximum Gasteiger partial charge on any atom is 0.319 e. The zero-order valence-corrected chi connectivity index (χ0v) is 16.6. The molecule has 3 amide bonds. The van der Waals surface area contributed by atoms with Gasteiger partial charge in [0.15, 0.2) is 11.5 Å². The Morgan fingerprint density at radius 3 is 2.47 bits per heavy atom. The lowest BCUT2D eigenvalue weighted by Crippen LogP contribution is -2.39. The summed E-state index contributed by atoms with van der Waals surface area (Å²) < 4.78 is 33.6. The van der Waals surface area contributed by atoms with Gasteiger partial charge >= 0.3 is 6.03 Å². The van der Waals surface area contributed by atoms with Gasteiger partial charge in [0.05, 0.1) is 10.9 Å². The summed E-state index contributed by atoms with van der Waals surface area (Å²) in [6, 6.07) is 9.87. The molecule has 2 aliphatic heterocycles. The standard InChI is InChI=1S/C19H20N4O6S/c20-30(26,27)15-4-1-12(2-5-15)21-19(25)22-13-9-18(24)23(11-13)14-3-6-16-17(10-14)29-8-7-28-16/h1-6,10,13H,7-9,11H2,(H2,20,26,27)(H2,21,22,25)/t13-/m0/s1. The van der Waals surface area contributed by atoms with Crippen LogP contribution in [0.2, 0.25) is 0 Å². The molecule has 4 rings (SSSR count). The second-order valence-corrected chi connectivity index (χ2v) is 8.46. The molecule has 0 aliphatic carbocycles. The van der Waals surface area contributed by atoms with E-state index in [4.69, 9.17) is 14.6 Å². The second kappa shape index (κ2) is 7.84. The molecule has 0 radical (unpaired) electrons. The van der Waals surface area contributed by atoms with Crippen LogP contribution in [0.5, 0.6) is 11.5 Å². The number of rotatable bonds is 4. The van der Waals surface area contributed by atoms with Gasteiger partial charge in [-0.1, -0.05) is 0 Å². The fraction of sp³-hybridized carbons (Fsp3) is 0.263. The van der Waals surface area contributed by atoms with Gasteiger partial charge in [0.25, 0.3) is 0 Å². The Hall–Kier alpha value is -3.31. The molecule has 4 N–H and O–H groups in total. The molecule has 10 nitrogen and oxygen atoms in total. The molecule has 30 heavy (non-hydrogen) atoms. The monoisotopic (exact) mass is 432 g/mol. The molecule has 2 aromatic rings. The van der Waals surface area contributed by atoms with Crippen molar-refractivity contribution in [3.63, 3.8) is 0 Å². The molecule has 1 saturated heterocycles. The Bertz CT molecular complexity index is 1090. The van der Waals surface area contributed by atoms with Gasteiger partial charge in [-0.3, -0.25) is 4.79 Å². The van der Waals surface area contributed by atoms with E-state index in [1.807, 2.05) is 0 Å². The first kappa shape index (κ1) is 20.0. The number of sulfonamides is 1. The van der Waals surface area contributed by atoms with E-state index < -0.39 is 16.1 Å². The van der Waals surface area contributed by atoms with E-state index in [1.165, 1.54) is 24.3 Å². The Morgan fingerprint density at radius 2 is 1.77 bits per heavy atom. The zero-order chi connectivity index (χ0) is 21.3. The van der Waals surface area contributed by atoms with E-state index in [2.05, 4.69) is 10.6 Å². The van der Waals surface area contributed by atoms with E-state index in [0.29, 0.717) is 42.6 Å². The highest BCUT2D eigenvalue weighted by atomic mass is 32.2. The summed E-state index contributed by atoms with van der Waals surface area (Å²) in [6.45, 7) is 1.25. The lowest BCUT2D eigenvalue weighted by Gasteiger charge is -2.22. The largest absolute Gasteiger partial charge is 0.486 e. The molecule has 1 fully saturated rings. The number of nitrogens with two attached hydrogens (primary N) is 1. The average molecular weight is 432 g/mol. The summed E-state index contributed by atoms with van der Waals surface area (Å²) in [4.78, 5) is 26.2. The molecule has 0 aromatic heterocycles. The van der Waals surface area contributed by atoms with Crippen molar-refractivity contribution < 1.29 is 27.5 Å². The van der Waals surface area contributed by atoms with Crippen LogP contribution in [-0.4, -0.2) is 46.2 Å². The van der Waals surface area contributed by atoms with Crippen molar-refractivity contribution in [2.45, 2.75) is 17.4 Å². The number of fused-ring (bicyclic) bond motifs is 1. The van der Waals surface area contributed by atoms with Crippen molar-refractivity contribution in [3.8, 4) is 11.5 Å². The molecule has 2 heterocycles. The van der Waals surface area contributed by atoms with Crippen LogP contribution in [0, 0.1) is 0 Å². The minimum Gasteiger partial charge on any atom is -0.486 e. The fourth-order valence-electron chi connectivity index (χ4n) is 3.33. The summed E-state index contributed by atoms with van der Waals surface area (Å²) in [5, 5.41) is 10.4. The highest BCUT2D eigenvalue weighted by molar-refractivity contribution is 7.89. The predicted molar refractivity (Wildman–Crippen MR) is 108 cm³/mol. The van der Waals surface area contributed by atoms with E-state index >= 15 is 0 Å². The van der Waals surface area contributed by atoms with Gasteiger partial charge in [0.2, 0.25) is 15.9 Å². The summed E-state index contributed by atoms with van der Waals surface area (Å²) in [6.07, 6.45) is 0.159. The first-order chi connectivity index (χ1) is 14.3. The molecule has 0 unspecified atom stereocenters. The van der Waals surface area contributed by atoms with Gasteiger partial charge in [-0.2, -0.15) is 0 Å². The van der Waals surface area contributed by atoms with Gasteiger partial charge < -0.3 is 25.0 Å². The third-order valence-electron chi connectivity index (χ3n) is 4.74. The average Bonchev–Trinajstić information content (AvgIpc) is 3.07. The van der Waals surface area contributed by atoms with Crippen molar-refractivity contribution in [1.29, 1.82) is 0 Å². The number of ether oxygens (including phenoxy) is 2. The van der Waals surface area contributed by atoms with Crippen LogP contribution in [0.25, 0.3) is 0 Å². The van der Waals surface area contributed by atoms with Gasteiger partial charge in [0, 0.05) is 30.4 Å². The zero-order valence-electron chi connectivity index (χ0n) is 15.8. The number of benzene rings is 2. The molecule has 158 valence electrons. The number of hydrogen-bond acceptors (Lipinski definition) is 6. The second-order valence-electron chi connectivity index (χ2n) is 6.90. The van der Waals surface area contributed by atoms with Gasteiger partial charge in [-0.15, -0.1) is 0 Å². The SMILES string of the molecule is NS(=O)(=O)c1ccc(NC(=O)N[C@H]2CC(=O)N(c3ccc4c(c3)OCCO4)C2)cc1. The van der Waals surface area contributed by atoms with Crippen LogP contribution >= 0.6 is 0 Å². The molecule has 1 atom stereocenters. The highest BCUT2D eigenvalue weighted by Crippen LogP contribution is 2.35. The fourth-order valence-corrected chi connectivity index (χ4v) is 3.85. The van der Waals surface area contributed by atoms with Crippen LogP contribution in [0.15, 0.2) is 47.4 Å². The number of nitrogens with zero attached hydrogens (tertiary/aromatic N) is 1. The Morgan fingerprint density at radius 1 is 1.07 bits per heavy atom. The van der Waals surface area contributed by atoms with E-state index in [1.54, 1.807) is 23.1 Å². The van der Waals surface area contributed by atoms with Crippen LogP contribution < -0.4 is 30.1 Å². The van der Waals surface area contributed by atoms with Crippen molar-refractivity contribution in [3.05, 3.63) is 42.5 Å². The number of primary sulfonamides is 1. The number of anilines is 2. The number of urea groups is 1. The maximum absolute atomic E-state index is 12.4. The van der Waals surface area contributed by atoms with Gasteiger partial charge in [0.1, 0.15) is 13.2 Å². The lowest BCUT2D eigenvalue weighted by molar-refractivity contribution is -0.117. The first-order valence-electron chi connectivity index (χ1n) is 9.20. The molecule has 2 aliphatic rings. The summed E-state index contributed by atoms with van der Waals surface area (Å²) in [5.41, 5.74) is 1.07. The van der Waals surface area contributed by atoms with Crippen molar-refractivity contribution >= 4 is 33.3 Å². The van der Waals surface area contributed by atoms with Crippen LogP contribution in [0.1, 0.15) is 6.42 Å². The third kappa shape index (κ3) is 4.31. The minimum atomic E-state index is -3.80. The quantitative estimate of drug-likeness (QED) is 0.659. The van der Waals surface area contributed by atoms with Crippen LogP contribution in [-0.2, 0) is 14.8 Å². The topological polar surface area (TPSA) is 140 Å². The summed E-state index contributed by atoms with van der Waals surface area (Å²) in [5.74, 6) is 1.11. The summed E-state index contributed by atoms with van der Waals surface area (Å²) in [7, 11) is -3.80. The maximum atomic E-state index is 12.4. The van der Waals surface area contributed by atoms with E-state index in [9.17, 15) is 18.0 Å². The molecule has 0 bridgehead atoms. The summed E-state index contributed by atoms with van der Waals surface area (Å²) >= 11 is 0.